The van der Waals surface area contributed by atoms with Crippen LogP contribution in [0.2, 0.25) is 0 Å². The van der Waals surface area contributed by atoms with Crippen LogP contribution in [0.25, 0.3) is 0 Å². The van der Waals surface area contributed by atoms with Gasteiger partial charge in [0.2, 0.25) is 5.91 Å². The molecule has 1 aromatic carbocycles. The Bertz CT molecular complexity index is 481. The highest BCUT2D eigenvalue weighted by atomic mass is 16.4. The fourth-order valence-electron chi connectivity index (χ4n) is 2.09. The molecule has 1 aromatic rings. The van der Waals surface area contributed by atoms with Crippen molar-refractivity contribution in [1.82, 2.24) is 5.32 Å². The molecule has 5 heteroatoms. The van der Waals surface area contributed by atoms with Gasteiger partial charge in [-0.2, -0.15) is 0 Å². The lowest BCUT2D eigenvalue weighted by Crippen LogP contribution is -2.54. The van der Waals surface area contributed by atoms with Crippen molar-refractivity contribution in [3.8, 4) is 0 Å². The van der Waals surface area contributed by atoms with Crippen molar-refractivity contribution in [3.63, 3.8) is 0 Å². The molecule has 1 unspecified atom stereocenters. The molecule has 2 atom stereocenters. The Labute approximate surface area is 111 Å². The van der Waals surface area contributed by atoms with Gasteiger partial charge < -0.3 is 16.2 Å². The van der Waals surface area contributed by atoms with Gasteiger partial charge in [0.25, 0.3) is 0 Å². The van der Waals surface area contributed by atoms with Crippen molar-refractivity contribution in [2.24, 2.45) is 11.7 Å². The van der Waals surface area contributed by atoms with Crippen LogP contribution < -0.4 is 11.1 Å². The minimum absolute atomic E-state index is 0.151. The summed E-state index contributed by atoms with van der Waals surface area (Å²) in [7, 11) is 0. The Morgan fingerprint density at radius 1 is 1.37 bits per heavy atom. The van der Waals surface area contributed by atoms with Crippen molar-refractivity contribution in [1.29, 1.82) is 0 Å². The predicted octanol–water partition coefficient (Wildman–Crippen LogP) is 1.06. The van der Waals surface area contributed by atoms with Gasteiger partial charge in [-0.1, -0.05) is 30.3 Å². The molecule has 1 fully saturated rings. The molecule has 1 amide bonds. The first-order valence-corrected chi connectivity index (χ1v) is 6.30. The summed E-state index contributed by atoms with van der Waals surface area (Å²) in [5.74, 6) is -1.35. The van der Waals surface area contributed by atoms with Gasteiger partial charge in [0.05, 0.1) is 5.54 Å². The van der Waals surface area contributed by atoms with Crippen LogP contribution in [0.3, 0.4) is 0 Å². The summed E-state index contributed by atoms with van der Waals surface area (Å²) in [6, 6.07) is 7.55. The van der Waals surface area contributed by atoms with Crippen LogP contribution in [0.1, 0.15) is 31.4 Å². The summed E-state index contributed by atoms with van der Waals surface area (Å²) in [6.45, 7) is 1.66. The van der Waals surface area contributed by atoms with Crippen LogP contribution in [0.5, 0.6) is 0 Å². The fourth-order valence-corrected chi connectivity index (χ4v) is 2.09. The zero-order valence-electron chi connectivity index (χ0n) is 10.8. The molecule has 4 N–H and O–H groups in total. The molecule has 2 rings (SSSR count). The number of carbonyl (C=O) groups is 2. The summed E-state index contributed by atoms with van der Waals surface area (Å²) in [6.07, 6.45) is 1.84. The SMILES string of the molecule is CC(N)(C(=O)N[C@@H](C(=O)O)c1ccccc1)C1CC1. The first-order chi connectivity index (χ1) is 8.93. The van der Waals surface area contributed by atoms with E-state index in [0.717, 1.165) is 12.8 Å². The molecule has 0 aromatic heterocycles. The topological polar surface area (TPSA) is 92.4 Å². The first-order valence-electron chi connectivity index (χ1n) is 6.30. The van der Waals surface area contributed by atoms with Crippen LogP contribution in [0.15, 0.2) is 30.3 Å². The molecule has 19 heavy (non-hydrogen) atoms. The minimum Gasteiger partial charge on any atom is -0.479 e. The maximum absolute atomic E-state index is 12.1. The van der Waals surface area contributed by atoms with E-state index < -0.39 is 23.5 Å². The highest BCUT2D eigenvalue weighted by molar-refractivity contribution is 5.90. The standard InChI is InChI=1S/C14H18N2O3/c1-14(15,10-7-8-10)13(19)16-11(12(17)18)9-5-3-2-4-6-9/h2-6,10-11H,7-8,15H2,1H3,(H,16,19)(H,17,18)/t11-,14?/m1/s1. The smallest absolute Gasteiger partial charge is 0.330 e. The lowest BCUT2D eigenvalue weighted by Gasteiger charge is -2.25. The first kappa shape index (κ1) is 13.5. The quantitative estimate of drug-likeness (QED) is 0.739. The number of nitrogens with two attached hydrogens (primary N) is 1. The second-order valence-corrected chi connectivity index (χ2v) is 5.21. The van der Waals surface area contributed by atoms with Gasteiger partial charge in [0.1, 0.15) is 0 Å². The van der Waals surface area contributed by atoms with Crippen molar-refractivity contribution in [2.75, 3.05) is 0 Å². The minimum atomic E-state index is -1.09. The normalized spacial score (nSPS) is 19.3. The van der Waals surface area contributed by atoms with E-state index in [2.05, 4.69) is 5.32 Å². The second kappa shape index (κ2) is 5.01. The summed E-state index contributed by atoms with van der Waals surface area (Å²) in [5.41, 5.74) is 5.53. The third-order valence-corrected chi connectivity index (χ3v) is 3.57. The maximum Gasteiger partial charge on any atom is 0.330 e. The molecule has 1 saturated carbocycles. The van der Waals surface area contributed by atoms with Crippen LogP contribution >= 0.6 is 0 Å². The summed E-state index contributed by atoms with van der Waals surface area (Å²) >= 11 is 0. The van der Waals surface area contributed by atoms with Gasteiger partial charge >= 0.3 is 5.97 Å². The molecule has 0 spiro atoms. The average molecular weight is 262 g/mol. The number of aliphatic carboxylic acids is 1. The van der Waals surface area contributed by atoms with E-state index in [4.69, 9.17) is 5.73 Å². The number of benzene rings is 1. The molecule has 0 heterocycles. The van der Waals surface area contributed by atoms with Gasteiger partial charge in [-0.3, -0.25) is 4.79 Å². The van der Waals surface area contributed by atoms with Gasteiger partial charge in [-0.25, -0.2) is 4.79 Å². The number of hydrogen-bond acceptors (Lipinski definition) is 3. The molecule has 102 valence electrons. The molecule has 1 aliphatic carbocycles. The third kappa shape index (κ3) is 2.93. The molecule has 0 bridgehead atoms. The lowest BCUT2D eigenvalue weighted by molar-refractivity contribution is -0.143. The number of amides is 1. The molecular weight excluding hydrogens is 244 g/mol. The Kier molecular flexibility index (Phi) is 3.57. The van der Waals surface area contributed by atoms with E-state index in [1.165, 1.54) is 0 Å². The van der Waals surface area contributed by atoms with Crippen molar-refractivity contribution in [2.45, 2.75) is 31.3 Å². The second-order valence-electron chi connectivity index (χ2n) is 5.21. The lowest BCUT2D eigenvalue weighted by atomic mass is 9.95. The highest BCUT2D eigenvalue weighted by Gasteiger charge is 2.45. The predicted molar refractivity (Wildman–Crippen MR) is 70.3 cm³/mol. The van der Waals surface area contributed by atoms with Crippen molar-refractivity contribution >= 4 is 11.9 Å². The van der Waals surface area contributed by atoms with E-state index in [-0.39, 0.29) is 5.92 Å². The summed E-state index contributed by atoms with van der Waals surface area (Å²) < 4.78 is 0. The van der Waals surface area contributed by atoms with Crippen LogP contribution in [-0.4, -0.2) is 22.5 Å². The maximum atomic E-state index is 12.1. The third-order valence-electron chi connectivity index (χ3n) is 3.57. The van der Waals surface area contributed by atoms with Crippen LogP contribution in [0, 0.1) is 5.92 Å². The van der Waals surface area contributed by atoms with Crippen molar-refractivity contribution in [3.05, 3.63) is 35.9 Å². The van der Waals surface area contributed by atoms with Gasteiger partial charge in [0.15, 0.2) is 6.04 Å². The summed E-state index contributed by atoms with van der Waals surface area (Å²) in [5, 5.41) is 11.8. The largest absolute Gasteiger partial charge is 0.479 e. The summed E-state index contributed by atoms with van der Waals surface area (Å²) in [4.78, 5) is 23.4. The van der Waals surface area contributed by atoms with E-state index >= 15 is 0 Å². The Morgan fingerprint density at radius 2 is 1.95 bits per heavy atom. The highest BCUT2D eigenvalue weighted by Crippen LogP contribution is 2.38. The number of nitrogens with one attached hydrogen (secondary N) is 1. The number of hydrogen-bond donors (Lipinski definition) is 3. The van der Waals surface area contributed by atoms with E-state index in [1.54, 1.807) is 37.3 Å². The molecule has 0 radical (unpaired) electrons. The fraction of sp³-hybridized carbons (Fsp3) is 0.429. The number of carbonyl (C=O) groups excluding carboxylic acids is 1. The van der Waals surface area contributed by atoms with Crippen molar-refractivity contribution < 1.29 is 14.7 Å². The molecular formula is C14H18N2O3. The monoisotopic (exact) mass is 262 g/mol. The van der Waals surface area contributed by atoms with Gasteiger partial charge in [-0.15, -0.1) is 0 Å². The zero-order valence-corrected chi connectivity index (χ0v) is 10.8. The number of carboxylic acid groups (broad SMARTS) is 1. The Hall–Kier alpha value is -1.88. The molecule has 1 aliphatic rings. The number of carboxylic acids is 1. The zero-order chi connectivity index (χ0) is 14.0. The average Bonchev–Trinajstić information content (AvgIpc) is 3.20. The molecule has 0 saturated heterocycles. The molecule has 0 aliphatic heterocycles. The number of rotatable bonds is 5. The molecule has 5 nitrogen and oxygen atoms in total. The van der Waals surface area contributed by atoms with Crippen LogP contribution in [0.4, 0.5) is 0 Å². The van der Waals surface area contributed by atoms with E-state index in [1.807, 2.05) is 0 Å². The van der Waals surface area contributed by atoms with Gasteiger partial charge in [-0.05, 0) is 31.2 Å². The van der Waals surface area contributed by atoms with Gasteiger partial charge in [0, 0.05) is 0 Å². The Balaban J connectivity index is 2.14. The Morgan fingerprint density at radius 3 is 2.42 bits per heavy atom. The van der Waals surface area contributed by atoms with E-state index in [9.17, 15) is 14.7 Å². The van der Waals surface area contributed by atoms with Crippen LogP contribution in [-0.2, 0) is 9.59 Å². The van der Waals surface area contributed by atoms with E-state index in [0.29, 0.717) is 5.56 Å².